The maximum atomic E-state index is 9.78. The van der Waals surface area contributed by atoms with Gasteiger partial charge in [-0.15, -0.1) is 0 Å². The molecule has 1 aromatic carbocycles. The topological polar surface area (TPSA) is 32.7 Å². The van der Waals surface area contributed by atoms with Gasteiger partial charge < -0.3 is 14.7 Å². The molecule has 1 N–H and O–H groups in total. The third-order valence-corrected chi connectivity index (χ3v) is 2.93. The number of methoxy groups -OCH3 is 1. The van der Waals surface area contributed by atoms with E-state index in [-0.39, 0.29) is 0 Å². The molecule has 0 aliphatic heterocycles. The van der Waals surface area contributed by atoms with Gasteiger partial charge in [0.2, 0.25) is 0 Å². The van der Waals surface area contributed by atoms with Gasteiger partial charge in [-0.05, 0) is 44.5 Å². The first-order chi connectivity index (χ1) is 8.31. The summed E-state index contributed by atoms with van der Waals surface area (Å²) < 4.78 is 5.15. The molecule has 18 heavy (non-hydrogen) atoms. The zero-order valence-electron chi connectivity index (χ0n) is 12.1. The SMILES string of the molecule is COc1ccc(C(C)CN(C)CC(C)(C)O)cc1. The fourth-order valence-corrected chi connectivity index (χ4v) is 2.23. The molecule has 0 radical (unpaired) electrons. The van der Waals surface area contributed by atoms with Gasteiger partial charge in [-0.3, -0.25) is 0 Å². The Morgan fingerprint density at radius 2 is 1.83 bits per heavy atom. The number of hydrogen-bond donors (Lipinski definition) is 1. The maximum absolute atomic E-state index is 9.78. The molecule has 102 valence electrons. The van der Waals surface area contributed by atoms with Gasteiger partial charge in [0.25, 0.3) is 0 Å². The maximum Gasteiger partial charge on any atom is 0.118 e. The first-order valence-electron chi connectivity index (χ1n) is 6.36. The van der Waals surface area contributed by atoms with Crippen molar-refractivity contribution < 1.29 is 9.84 Å². The van der Waals surface area contributed by atoms with Crippen LogP contribution < -0.4 is 4.74 Å². The van der Waals surface area contributed by atoms with Crippen molar-refractivity contribution in [2.24, 2.45) is 0 Å². The zero-order chi connectivity index (χ0) is 13.8. The normalized spacial score (nSPS) is 13.7. The zero-order valence-corrected chi connectivity index (χ0v) is 12.1. The Balaban J connectivity index is 2.56. The molecule has 0 fully saturated rings. The molecule has 0 bridgehead atoms. The van der Waals surface area contributed by atoms with Gasteiger partial charge in [0.15, 0.2) is 0 Å². The van der Waals surface area contributed by atoms with Crippen LogP contribution in [0.2, 0.25) is 0 Å². The lowest BCUT2D eigenvalue weighted by molar-refractivity contribution is 0.0433. The van der Waals surface area contributed by atoms with Crippen LogP contribution in [0.5, 0.6) is 5.75 Å². The number of likely N-dealkylation sites (N-methyl/N-ethyl adjacent to an activating group) is 1. The van der Waals surface area contributed by atoms with Gasteiger partial charge in [-0.1, -0.05) is 19.1 Å². The molecule has 3 heteroatoms. The van der Waals surface area contributed by atoms with Gasteiger partial charge in [0.1, 0.15) is 5.75 Å². The fraction of sp³-hybridized carbons (Fsp3) is 0.600. The van der Waals surface area contributed by atoms with E-state index in [0.29, 0.717) is 12.5 Å². The van der Waals surface area contributed by atoms with Crippen LogP contribution in [0.4, 0.5) is 0 Å². The molecular weight excluding hydrogens is 226 g/mol. The standard InChI is InChI=1S/C15H25NO2/c1-12(10-16(4)11-15(2,3)17)13-6-8-14(18-5)9-7-13/h6-9,12,17H,10-11H2,1-5H3. The fourth-order valence-electron chi connectivity index (χ4n) is 2.23. The van der Waals surface area contributed by atoms with E-state index in [2.05, 4.69) is 24.0 Å². The summed E-state index contributed by atoms with van der Waals surface area (Å²) in [5, 5.41) is 9.78. The Bertz CT molecular complexity index is 354. The van der Waals surface area contributed by atoms with Crippen LogP contribution >= 0.6 is 0 Å². The molecule has 0 aliphatic rings. The molecule has 1 rings (SSSR count). The lowest BCUT2D eigenvalue weighted by Gasteiger charge is -2.27. The average Bonchev–Trinajstić information content (AvgIpc) is 2.26. The summed E-state index contributed by atoms with van der Waals surface area (Å²) in [6.45, 7) is 7.47. The summed E-state index contributed by atoms with van der Waals surface area (Å²) in [5.74, 6) is 1.32. The molecule has 0 saturated heterocycles. The van der Waals surface area contributed by atoms with Crippen molar-refractivity contribution in [2.75, 3.05) is 27.2 Å². The Hall–Kier alpha value is -1.06. The summed E-state index contributed by atoms with van der Waals surface area (Å²) in [6.07, 6.45) is 0. The monoisotopic (exact) mass is 251 g/mol. The van der Waals surface area contributed by atoms with E-state index < -0.39 is 5.60 Å². The van der Waals surface area contributed by atoms with E-state index in [1.807, 2.05) is 33.0 Å². The molecular formula is C15H25NO2. The molecule has 1 atom stereocenters. The largest absolute Gasteiger partial charge is 0.497 e. The Kier molecular flexibility index (Phi) is 5.17. The predicted molar refractivity (Wildman–Crippen MR) is 75.2 cm³/mol. The van der Waals surface area contributed by atoms with E-state index >= 15 is 0 Å². The van der Waals surface area contributed by atoms with Crippen molar-refractivity contribution in [3.8, 4) is 5.75 Å². The number of nitrogens with zero attached hydrogens (tertiary/aromatic N) is 1. The molecule has 0 aromatic heterocycles. The highest BCUT2D eigenvalue weighted by atomic mass is 16.5. The van der Waals surface area contributed by atoms with Gasteiger partial charge in [0.05, 0.1) is 12.7 Å². The van der Waals surface area contributed by atoms with Gasteiger partial charge in [-0.25, -0.2) is 0 Å². The van der Waals surface area contributed by atoms with Crippen molar-refractivity contribution in [2.45, 2.75) is 32.3 Å². The van der Waals surface area contributed by atoms with Crippen molar-refractivity contribution in [3.05, 3.63) is 29.8 Å². The quantitative estimate of drug-likeness (QED) is 0.843. The van der Waals surface area contributed by atoms with Gasteiger partial charge in [-0.2, -0.15) is 0 Å². The summed E-state index contributed by atoms with van der Waals surface area (Å²) in [4.78, 5) is 2.16. The van der Waals surface area contributed by atoms with Crippen LogP contribution in [0.25, 0.3) is 0 Å². The van der Waals surface area contributed by atoms with E-state index in [4.69, 9.17) is 4.74 Å². The van der Waals surface area contributed by atoms with Gasteiger partial charge in [0, 0.05) is 13.1 Å². The van der Waals surface area contributed by atoms with Crippen LogP contribution in [0.1, 0.15) is 32.3 Å². The van der Waals surface area contributed by atoms with Crippen LogP contribution in [0.15, 0.2) is 24.3 Å². The van der Waals surface area contributed by atoms with Crippen molar-refractivity contribution in [3.63, 3.8) is 0 Å². The van der Waals surface area contributed by atoms with E-state index in [0.717, 1.165) is 12.3 Å². The number of benzene rings is 1. The molecule has 1 aromatic rings. The summed E-state index contributed by atoms with van der Waals surface area (Å²) in [6, 6.07) is 8.17. The smallest absolute Gasteiger partial charge is 0.118 e. The Morgan fingerprint density at radius 1 is 1.28 bits per heavy atom. The molecule has 3 nitrogen and oxygen atoms in total. The minimum atomic E-state index is -0.644. The number of aliphatic hydroxyl groups is 1. The highest BCUT2D eigenvalue weighted by Crippen LogP contribution is 2.20. The summed E-state index contributed by atoms with van der Waals surface area (Å²) >= 11 is 0. The minimum Gasteiger partial charge on any atom is -0.497 e. The highest BCUT2D eigenvalue weighted by molar-refractivity contribution is 5.29. The second kappa shape index (κ2) is 6.21. The molecule has 0 amide bonds. The first kappa shape index (κ1) is 15.0. The minimum absolute atomic E-state index is 0.434. The van der Waals surface area contributed by atoms with Crippen molar-refractivity contribution >= 4 is 0 Å². The van der Waals surface area contributed by atoms with E-state index in [1.54, 1.807) is 7.11 Å². The molecule has 0 aliphatic carbocycles. The third-order valence-electron chi connectivity index (χ3n) is 2.93. The lowest BCUT2D eigenvalue weighted by atomic mass is 10.00. The van der Waals surface area contributed by atoms with Crippen LogP contribution in [0.3, 0.4) is 0 Å². The second-order valence-electron chi connectivity index (χ2n) is 5.68. The Morgan fingerprint density at radius 3 is 2.28 bits per heavy atom. The molecule has 0 spiro atoms. The molecule has 0 saturated carbocycles. The average molecular weight is 251 g/mol. The van der Waals surface area contributed by atoms with E-state index in [9.17, 15) is 5.11 Å². The molecule has 0 heterocycles. The van der Waals surface area contributed by atoms with Crippen LogP contribution in [0, 0.1) is 0 Å². The van der Waals surface area contributed by atoms with Gasteiger partial charge >= 0.3 is 0 Å². The third kappa shape index (κ3) is 5.07. The number of ether oxygens (including phenoxy) is 1. The number of hydrogen-bond acceptors (Lipinski definition) is 3. The van der Waals surface area contributed by atoms with Crippen molar-refractivity contribution in [1.29, 1.82) is 0 Å². The molecule has 1 unspecified atom stereocenters. The van der Waals surface area contributed by atoms with Crippen molar-refractivity contribution in [1.82, 2.24) is 4.90 Å². The highest BCUT2D eigenvalue weighted by Gasteiger charge is 2.17. The number of rotatable bonds is 6. The van der Waals surface area contributed by atoms with Crippen LogP contribution in [-0.2, 0) is 0 Å². The summed E-state index contributed by atoms with van der Waals surface area (Å²) in [7, 11) is 3.72. The van der Waals surface area contributed by atoms with Crippen LogP contribution in [-0.4, -0.2) is 42.9 Å². The first-order valence-corrected chi connectivity index (χ1v) is 6.36. The Labute approximate surface area is 110 Å². The lowest BCUT2D eigenvalue weighted by Crippen LogP contribution is -2.37. The predicted octanol–water partition coefficient (Wildman–Crippen LogP) is 2.50. The second-order valence-corrected chi connectivity index (χ2v) is 5.68. The van der Waals surface area contributed by atoms with E-state index in [1.165, 1.54) is 5.56 Å². The summed E-state index contributed by atoms with van der Waals surface area (Å²) in [5.41, 5.74) is 0.646.